The van der Waals surface area contributed by atoms with Crippen LogP contribution in [0.4, 0.5) is 0 Å². The highest BCUT2D eigenvalue weighted by atomic mass is 16.3. The summed E-state index contributed by atoms with van der Waals surface area (Å²) in [5.74, 6) is 1.91. The molecule has 2 rings (SSSR count). The molecule has 0 bridgehead atoms. The van der Waals surface area contributed by atoms with Crippen LogP contribution in [0.2, 0.25) is 0 Å². The summed E-state index contributed by atoms with van der Waals surface area (Å²) < 4.78 is 0. The molecule has 0 aromatic rings. The van der Waals surface area contributed by atoms with Gasteiger partial charge in [-0.1, -0.05) is 6.42 Å². The van der Waals surface area contributed by atoms with Crippen molar-refractivity contribution in [3.8, 4) is 0 Å². The highest BCUT2D eigenvalue weighted by Gasteiger charge is 2.57. The third-order valence-electron chi connectivity index (χ3n) is 3.61. The van der Waals surface area contributed by atoms with Gasteiger partial charge < -0.3 is 10.0 Å². The first kappa shape index (κ1) is 9.97. The first-order valence-electron chi connectivity index (χ1n) is 5.54. The van der Waals surface area contributed by atoms with Crippen molar-refractivity contribution >= 4 is 5.91 Å². The summed E-state index contributed by atoms with van der Waals surface area (Å²) in [7, 11) is 1.79. The standard InChI is InChI=1S/C11H19NO2/c1-7(13)6-12(2)11(14)10-8-4-3-5-9(8)10/h7-10,13H,3-6H2,1-2H3. The number of likely N-dealkylation sites (N-methyl/N-ethyl adjacent to an activating group) is 1. The molecule has 2 saturated carbocycles. The monoisotopic (exact) mass is 197 g/mol. The lowest BCUT2D eigenvalue weighted by molar-refractivity contribution is -0.133. The Morgan fingerprint density at radius 1 is 1.50 bits per heavy atom. The van der Waals surface area contributed by atoms with Crippen LogP contribution in [0.1, 0.15) is 26.2 Å². The second kappa shape index (κ2) is 3.54. The summed E-state index contributed by atoms with van der Waals surface area (Å²) in [5.41, 5.74) is 0. The average Bonchev–Trinajstić information content (AvgIpc) is 2.56. The van der Waals surface area contributed by atoms with Crippen molar-refractivity contribution in [3.63, 3.8) is 0 Å². The maximum atomic E-state index is 11.9. The van der Waals surface area contributed by atoms with Crippen LogP contribution in [0.5, 0.6) is 0 Å². The van der Waals surface area contributed by atoms with Gasteiger partial charge in [0.05, 0.1) is 6.10 Å². The third kappa shape index (κ3) is 1.65. The van der Waals surface area contributed by atoms with Gasteiger partial charge >= 0.3 is 0 Å². The maximum Gasteiger partial charge on any atom is 0.226 e. The molecule has 1 amide bonds. The maximum absolute atomic E-state index is 11.9. The predicted octanol–water partition coefficient (Wildman–Crippen LogP) is 0.872. The smallest absolute Gasteiger partial charge is 0.226 e. The van der Waals surface area contributed by atoms with Gasteiger partial charge in [0.15, 0.2) is 0 Å². The molecule has 14 heavy (non-hydrogen) atoms. The van der Waals surface area contributed by atoms with Crippen molar-refractivity contribution in [2.75, 3.05) is 13.6 Å². The van der Waals surface area contributed by atoms with E-state index in [0.29, 0.717) is 24.3 Å². The molecule has 1 N–H and O–H groups in total. The number of aliphatic hydroxyl groups is 1. The van der Waals surface area contributed by atoms with E-state index >= 15 is 0 Å². The van der Waals surface area contributed by atoms with Gasteiger partial charge in [-0.25, -0.2) is 0 Å². The molecule has 0 radical (unpaired) electrons. The van der Waals surface area contributed by atoms with E-state index in [2.05, 4.69) is 0 Å². The van der Waals surface area contributed by atoms with Gasteiger partial charge in [0, 0.05) is 19.5 Å². The molecule has 2 aliphatic rings. The van der Waals surface area contributed by atoms with Gasteiger partial charge in [-0.3, -0.25) is 4.79 Å². The Morgan fingerprint density at radius 3 is 2.57 bits per heavy atom. The molecule has 2 fully saturated rings. The molecular weight excluding hydrogens is 178 g/mol. The minimum absolute atomic E-state index is 0.251. The number of amides is 1. The van der Waals surface area contributed by atoms with Gasteiger partial charge in [-0.05, 0) is 31.6 Å². The van der Waals surface area contributed by atoms with E-state index in [0.717, 1.165) is 0 Å². The lowest BCUT2D eigenvalue weighted by atomic mass is 10.1. The van der Waals surface area contributed by atoms with Crippen LogP contribution in [0.25, 0.3) is 0 Å². The van der Waals surface area contributed by atoms with Gasteiger partial charge in [0.1, 0.15) is 0 Å². The van der Waals surface area contributed by atoms with E-state index in [-0.39, 0.29) is 5.91 Å². The number of carbonyl (C=O) groups excluding carboxylic acids is 1. The van der Waals surface area contributed by atoms with Crippen LogP contribution >= 0.6 is 0 Å². The summed E-state index contributed by atoms with van der Waals surface area (Å²) in [6, 6.07) is 0. The fraction of sp³-hybridized carbons (Fsp3) is 0.909. The lowest BCUT2D eigenvalue weighted by Gasteiger charge is -2.19. The van der Waals surface area contributed by atoms with Crippen LogP contribution in [0.3, 0.4) is 0 Å². The Kier molecular flexibility index (Phi) is 2.52. The number of carbonyl (C=O) groups is 1. The van der Waals surface area contributed by atoms with Crippen molar-refractivity contribution in [2.45, 2.75) is 32.3 Å². The summed E-state index contributed by atoms with van der Waals surface area (Å²) in [5, 5.41) is 9.18. The Labute approximate surface area is 85.1 Å². The van der Waals surface area contributed by atoms with Crippen molar-refractivity contribution in [3.05, 3.63) is 0 Å². The third-order valence-corrected chi connectivity index (χ3v) is 3.61. The Bertz CT molecular complexity index is 229. The quantitative estimate of drug-likeness (QED) is 0.729. The molecule has 0 aromatic heterocycles. The molecule has 2 aliphatic carbocycles. The molecule has 3 atom stereocenters. The Morgan fingerprint density at radius 2 is 2.07 bits per heavy atom. The average molecular weight is 197 g/mol. The molecule has 3 unspecified atom stereocenters. The van der Waals surface area contributed by atoms with Crippen molar-refractivity contribution in [1.82, 2.24) is 4.90 Å². The number of hydrogen-bond donors (Lipinski definition) is 1. The SMILES string of the molecule is CC(O)CN(C)C(=O)C1C2CCCC21. The van der Waals surface area contributed by atoms with Gasteiger partial charge in [-0.15, -0.1) is 0 Å². The number of hydrogen-bond acceptors (Lipinski definition) is 2. The Balaban J connectivity index is 1.84. The van der Waals surface area contributed by atoms with Crippen molar-refractivity contribution < 1.29 is 9.90 Å². The van der Waals surface area contributed by atoms with E-state index in [1.165, 1.54) is 19.3 Å². The first-order chi connectivity index (χ1) is 6.61. The lowest BCUT2D eigenvalue weighted by Crippen LogP contribution is -2.35. The highest BCUT2D eigenvalue weighted by Crippen LogP contribution is 2.57. The van der Waals surface area contributed by atoms with E-state index in [9.17, 15) is 9.90 Å². The number of nitrogens with zero attached hydrogens (tertiary/aromatic N) is 1. The van der Waals surface area contributed by atoms with Crippen LogP contribution in [-0.4, -0.2) is 35.6 Å². The Hall–Kier alpha value is -0.570. The van der Waals surface area contributed by atoms with Crippen LogP contribution in [0, 0.1) is 17.8 Å². The van der Waals surface area contributed by atoms with E-state index < -0.39 is 6.10 Å². The minimum atomic E-state index is -0.414. The summed E-state index contributed by atoms with van der Waals surface area (Å²) >= 11 is 0. The number of aliphatic hydroxyl groups excluding tert-OH is 1. The minimum Gasteiger partial charge on any atom is -0.392 e. The van der Waals surface area contributed by atoms with Gasteiger partial charge in [-0.2, -0.15) is 0 Å². The molecule has 80 valence electrons. The fourth-order valence-corrected chi connectivity index (χ4v) is 2.93. The zero-order valence-corrected chi connectivity index (χ0v) is 8.94. The van der Waals surface area contributed by atoms with Crippen LogP contribution in [0.15, 0.2) is 0 Å². The molecule has 3 nitrogen and oxygen atoms in total. The first-order valence-corrected chi connectivity index (χ1v) is 5.54. The summed E-state index contributed by atoms with van der Waals surface area (Å²) in [6.07, 6.45) is 3.37. The highest BCUT2D eigenvalue weighted by molar-refractivity contribution is 5.82. The van der Waals surface area contributed by atoms with E-state index in [4.69, 9.17) is 0 Å². The van der Waals surface area contributed by atoms with Crippen molar-refractivity contribution in [1.29, 1.82) is 0 Å². The topological polar surface area (TPSA) is 40.5 Å². The predicted molar refractivity (Wildman–Crippen MR) is 53.6 cm³/mol. The number of rotatable bonds is 3. The summed E-state index contributed by atoms with van der Waals surface area (Å²) in [6.45, 7) is 2.19. The van der Waals surface area contributed by atoms with Crippen molar-refractivity contribution in [2.24, 2.45) is 17.8 Å². The van der Waals surface area contributed by atoms with E-state index in [1.807, 2.05) is 0 Å². The normalized spacial score (nSPS) is 36.4. The second-order valence-corrected chi connectivity index (χ2v) is 4.85. The number of fused-ring (bicyclic) bond motifs is 1. The second-order valence-electron chi connectivity index (χ2n) is 4.85. The molecule has 0 saturated heterocycles. The molecule has 0 heterocycles. The van der Waals surface area contributed by atoms with Gasteiger partial charge in [0.25, 0.3) is 0 Å². The molecule has 0 aromatic carbocycles. The largest absolute Gasteiger partial charge is 0.392 e. The van der Waals surface area contributed by atoms with E-state index in [1.54, 1.807) is 18.9 Å². The van der Waals surface area contributed by atoms with Crippen LogP contribution < -0.4 is 0 Å². The molecule has 3 heteroatoms. The zero-order chi connectivity index (χ0) is 10.3. The molecule has 0 spiro atoms. The summed E-state index contributed by atoms with van der Waals surface area (Å²) in [4.78, 5) is 13.6. The molecule has 0 aliphatic heterocycles. The molecular formula is C11H19NO2. The fourth-order valence-electron chi connectivity index (χ4n) is 2.93. The van der Waals surface area contributed by atoms with Gasteiger partial charge in [0.2, 0.25) is 5.91 Å². The van der Waals surface area contributed by atoms with Crippen LogP contribution in [-0.2, 0) is 4.79 Å². The zero-order valence-electron chi connectivity index (χ0n) is 8.94.